The quantitative estimate of drug-likeness (QED) is 0.732. The van der Waals surface area contributed by atoms with Gasteiger partial charge in [0.05, 0.1) is 28.7 Å². The van der Waals surface area contributed by atoms with Gasteiger partial charge in [-0.1, -0.05) is 6.07 Å². The first-order valence-corrected chi connectivity index (χ1v) is 8.81. The van der Waals surface area contributed by atoms with Crippen LogP contribution in [0.15, 0.2) is 36.4 Å². The number of hydrogen-bond donors (Lipinski definition) is 2. The first kappa shape index (κ1) is 17.6. The van der Waals surface area contributed by atoms with E-state index in [1.54, 1.807) is 6.07 Å². The van der Waals surface area contributed by atoms with Gasteiger partial charge in [0.1, 0.15) is 11.6 Å². The van der Waals surface area contributed by atoms with Gasteiger partial charge in [0.2, 0.25) is 11.9 Å². The topological polar surface area (TPSA) is 67.2 Å². The minimum Gasteiger partial charge on any atom is -0.389 e. The molecule has 1 fully saturated rings. The number of halogens is 2. The van der Waals surface area contributed by atoms with E-state index in [2.05, 4.69) is 10.3 Å². The molecule has 27 heavy (non-hydrogen) atoms. The molecule has 0 bridgehead atoms. The van der Waals surface area contributed by atoms with Crippen molar-refractivity contribution in [3.8, 4) is 5.69 Å². The summed E-state index contributed by atoms with van der Waals surface area (Å²) in [6.07, 6.45) is 2.03. The van der Waals surface area contributed by atoms with Crippen molar-refractivity contribution in [3.63, 3.8) is 0 Å². The number of aryl methyl sites for hydroxylation is 1. The number of benzene rings is 2. The molecule has 2 N–H and O–H groups in total. The molecule has 1 heterocycles. The Kier molecular flexibility index (Phi) is 4.19. The van der Waals surface area contributed by atoms with Crippen LogP contribution in [0.2, 0.25) is 0 Å². The number of carbonyl (C=O) groups excluding carboxylic acids is 1. The lowest BCUT2D eigenvalue weighted by atomic mass is 9.78. The summed E-state index contributed by atoms with van der Waals surface area (Å²) in [6.45, 7) is 1.90. The van der Waals surface area contributed by atoms with Crippen molar-refractivity contribution in [2.24, 2.45) is 0 Å². The maximum atomic E-state index is 13.8. The van der Waals surface area contributed by atoms with Crippen molar-refractivity contribution in [1.29, 1.82) is 0 Å². The van der Waals surface area contributed by atoms with E-state index in [-0.39, 0.29) is 24.0 Å². The summed E-state index contributed by atoms with van der Waals surface area (Å²) in [4.78, 5) is 16.8. The van der Waals surface area contributed by atoms with E-state index in [1.165, 1.54) is 16.7 Å². The van der Waals surface area contributed by atoms with Gasteiger partial charge in [-0.25, -0.2) is 13.8 Å². The third kappa shape index (κ3) is 3.42. The van der Waals surface area contributed by atoms with Crippen LogP contribution >= 0.6 is 0 Å². The maximum absolute atomic E-state index is 13.8. The average molecular weight is 371 g/mol. The molecule has 0 aliphatic heterocycles. The second kappa shape index (κ2) is 6.42. The number of nitrogens with one attached hydrogen (secondary N) is 1. The van der Waals surface area contributed by atoms with Gasteiger partial charge in [-0.3, -0.25) is 14.7 Å². The predicted molar refractivity (Wildman–Crippen MR) is 97.8 cm³/mol. The highest BCUT2D eigenvalue weighted by atomic mass is 19.1. The summed E-state index contributed by atoms with van der Waals surface area (Å²) in [7, 11) is 0. The smallest absolute Gasteiger partial charge is 0.229 e. The van der Waals surface area contributed by atoms with E-state index in [4.69, 9.17) is 0 Å². The highest BCUT2D eigenvalue weighted by molar-refractivity contribution is 5.93. The number of nitrogens with zero attached hydrogens (tertiary/aromatic N) is 2. The summed E-state index contributed by atoms with van der Waals surface area (Å²) >= 11 is 0. The molecule has 1 aliphatic rings. The molecule has 1 amide bonds. The molecule has 5 nitrogen and oxygen atoms in total. The zero-order valence-corrected chi connectivity index (χ0v) is 14.8. The Labute approximate surface area is 154 Å². The number of hydrogen-bond acceptors (Lipinski definition) is 3. The Morgan fingerprint density at radius 2 is 1.93 bits per heavy atom. The third-order valence-corrected chi connectivity index (χ3v) is 4.94. The third-order valence-electron chi connectivity index (χ3n) is 4.94. The molecule has 1 saturated carbocycles. The molecule has 4 rings (SSSR count). The van der Waals surface area contributed by atoms with Crippen molar-refractivity contribution < 1.29 is 18.7 Å². The number of fused-ring (bicyclic) bond motifs is 1. The lowest BCUT2D eigenvalue weighted by Gasteiger charge is -2.35. The van der Waals surface area contributed by atoms with Crippen LogP contribution in [0.1, 0.15) is 31.2 Å². The first-order valence-electron chi connectivity index (χ1n) is 8.81. The standard InChI is InChI=1S/C20H19F2N3O2/c1-12-3-4-16-17(7-12)25(15-9-13(21)8-14(22)10-15)19(23-16)24-18(26)11-20(27)5-2-6-20/h3-4,7-10,27H,2,5-6,11H2,1H3,(H,23,24,26). The Morgan fingerprint density at radius 3 is 2.56 bits per heavy atom. The number of aromatic nitrogens is 2. The normalized spacial score (nSPS) is 15.6. The number of amides is 1. The molecule has 3 aromatic rings. The number of carbonyl (C=O) groups is 1. The van der Waals surface area contributed by atoms with Gasteiger partial charge in [0.25, 0.3) is 0 Å². The SMILES string of the molecule is Cc1ccc2nc(NC(=O)CC3(O)CCC3)n(-c3cc(F)cc(F)c3)c2c1. The Balaban J connectivity index is 1.78. The van der Waals surface area contributed by atoms with Crippen LogP contribution in [-0.4, -0.2) is 26.2 Å². The van der Waals surface area contributed by atoms with Crippen molar-refractivity contribution in [2.75, 3.05) is 5.32 Å². The van der Waals surface area contributed by atoms with Crippen LogP contribution in [0.4, 0.5) is 14.7 Å². The second-order valence-corrected chi connectivity index (χ2v) is 7.19. The van der Waals surface area contributed by atoms with Crippen molar-refractivity contribution in [2.45, 2.75) is 38.2 Å². The predicted octanol–water partition coefficient (Wildman–Crippen LogP) is 3.86. The fraction of sp³-hybridized carbons (Fsp3) is 0.300. The molecule has 1 aromatic heterocycles. The summed E-state index contributed by atoms with van der Waals surface area (Å²) in [5.74, 6) is -1.67. The molecule has 0 saturated heterocycles. The minimum atomic E-state index is -0.970. The Bertz CT molecular complexity index is 1020. The molecule has 0 radical (unpaired) electrons. The van der Waals surface area contributed by atoms with Crippen LogP contribution in [0, 0.1) is 18.6 Å². The van der Waals surface area contributed by atoms with E-state index < -0.39 is 17.2 Å². The van der Waals surface area contributed by atoms with E-state index >= 15 is 0 Å². The van der Waals surface area contributed by atoms with E-state index in [1.807, 2.05) is 19.1 Å². The number of rotatable bonds is 4. The zero-order valence-electron chi connectivity index (χ0n) is 14.8. The highest BCUT2D eigenvalue weighted by Crippen LogP contribution is 2.35. The highest BCUT2D eigenvalue weighted by Gasteiger charge is 2.36. The van der Waals surface area contributed by atoms with Crippen molar-refractivity contribution in [3.05, 3.63) is 53.6 Å². The van der Waals surface area contributed by atoms with Gasteiger partial charge in [0.15, 0.2) is 0 Å². The van der Waals surface area contributed by atoms with Gasteiger partial charge in [0, 0.05) is 6.07 Å². The summed E-state index contributed by atoms with van der Waals surface area (Å²) in [6, 6.07) is 8.64. The molecule has 7 heteroatoms. The minimum absolute atomic E-state index is 0.0350. The number of imidazole rings is 1. The largest absolute Gasteiger partial charge is 0.389 e. The zero-order chi connectivity index (χ0) is 19.2. The first-order chi connectivity index (χ1) is 12.8. The molecule has 0 unspecified atom stereocenters. The molecule has 0 atom stereocenters. The Hall–Kier alpha value is -2.80. The fourth-order valence-corrected chi connectivity index (χ4v) is 3.43. The second-order valence-electron chi connectivity index (χ2n) is 7.19. The number of aliphatic hydroxyl groups is 1. The van der Waals surface area contributed by atoms with Gasteiger partial charge < -0.3 is 5.11 Å². The lowest BCUT2D eigenvalue weighted by Crippen LogP contribution is -2.40. The number of anilines is 1. The molecule has 2 aromatic carbocycles. The molecule has 140 valence electrons. The van der Waals surface area contributed by atoms with Crippen LogP contribution < -0.4 is 5.32 Å². The summed E-state index contributed by atoms with van der Waals surface area (Å²) in [5, 5.41) is 12.9. The van der Waals surface area contributed by atoms with E-state index in [0.29, 0.717) is 23.9 Å². The van der Waals surface area contributed by atoms with Gasteiger partial charge in [-0.15, -0.1) is 0 Å². The van der Waals surface area contributed by atoms with Crippen LogP contribution in [0.25, 0.3) is 16.7 Å². The fourth-order valence-electron chi connectivity index (χ4n) is 3.43. The van der Waals surface area contributed by atoms with E-state index in [0.717, 1.165) is 18.1 Å². The molecule has 0 spiro atoms. The van der Waals surface area contributed by atoms with Crippen LogP contribution in [0.5, 0.6) is 0 Å². The molecular weight excluding hydrogens is 352 g/mol. The summed E-state index contributed by atoms with van der Waals surface area (Å²) in [5.41, 5.74) is 1.41. The molecular formula is C20H19F2N3O2. The monoisotopic (exact) mass is 371 g/mol. The Morgan fingerprint density at radius 1 is 1.22 bits per heavy atom. The maximum Gasteiger partial charge on any atom is 0.229 e. The lowest BCUT2D eigenvalue weighted by molar-refractivity contribution is -0.125. The van der Waals surface area contributed by atoms with Crippen molar-refractivity contribution in [1.82, 2.24) is 9.55 Å². The van der Waals surface area contributed by atoms with Gasteiger partial charge in [-0.2, -0.15) is 0 Å². The average Bonchev–Trinajstić information content (AvgIpc) is 2.89. The van der Waals surface area contributed by atoms with Crippen LogP contribution in [-0.2, 0) is 4.79 Å². The van der Waals surface area contributed by atoms with Crippen molar-refractivity contribution >= 4 is 22.9 Å². The molecule has 1 aliphatic carbocycles. The summed E-state index contributed by atoms with van der Waals surface area (Å²) < 4.78 is 29.1. The van der Waals surface area contributed by atoms with Crippen LogP contribution in [0.3, 0.4) is 0 Å². The van der Waals surface area contributed by atoms with Gasteiger partial charge in [-0.05, 0) is 56.0 Å². The van der Waals surface area contributed by atoms with E-state index in [9.17, 15) is 18.7 Å². The van der Waals surface area contributed by atoms with Gasteiger partial charge >= 0.3 is 0 Å².